The van der Waals surface area contributed by atoms with Crippen LogP contribution in [0.4, 0.5) is 10.5 Å². The second-order valence-electron chi connectivity index (χ2n) is 8.39. The number of nitrogens with zero attached hydrogens (tertiary/aromatic N) is 3. The van der Waals surface area contributed by atoms with E-state index in [0.717, 1.165) is 24.8 Å². The number of hydrogen-bond acceptors (Lipinski definition) is 8. The second-order valence-corrected chi connectivity index (χ2v) is 8.39. The number of nitrogens with one attached hydrogen (secondary N) is 1. The highest BCUT2D eigenvalue weighted by atomic mass is 16.6. The van der Waals surface area contributed by atoms with Crippen molar-refractivity contribution in [2.75, 3.05) is 20.2 Å². The molecule has 1 aromatic heterocycles. The van der Waals surface area contributed by atoms with Gasteiger partial charge in [-0.05, 0) is 44.9 Å². The van der Waals surface area contributed by atoms with Crippen molar-refractivity contribution >= 4 is 23.7 Å². The minimum atomic E-state index is -0.791. The van der Waals surface area contributed by atoms with Gasteiger partial charge in [-0.1, -0.05) is 6.07 Å². The zero-order valence-corrected chi connectivity index (χ0v) is 19.6. The van der Waals surface area contributed by atoms with E-state index < -0.39 is 34.2 Å². The number of methoxy groups -OCH3 is 1. The molecule has 182 valence electrons. The van der Waals surface area contributed by atoms with Gasteiger partial charge >= 0.3 is 12.1 Å². The number of esters is 1. The van der Waals surface area contributed by atoms with Crippen molar-refractivity contribution in [2.45, 2.75) is 39.3 Å². The van der Waals surface area contributed by atoms with Crippen LogP contribution in [0.3, 0.4) is 0 Å². The first-order valence-electron chi connectivity index (χ1n) is 10.5. The van der Waals surface area contributed by atoms with Gasteiger partial charge in [-0.3, -0.25) is 19.9 Å². The quantitative estimate of drug-likeness (QED) is 0.254. The minimum Gasteiger partial charge on any atom is -0.465 e. The number of nitro groups is 1. The van der Waals surface area contributed by atoms with E-state index in [1.807, 2.05) is 6.07 Å². The summed E-state index contributed by atoms with van der Waals surface area (Å²) >= 11 is 0. The summed E-state index contributed by atoms with van der Waals surface area (Å²) in [6.45, 7) is 6.07. The fourth-order valence-corrected chi connectivity index (χ4v) is 2.93. The molecule has 1 heterocycles. The average Bonchev–Trinajstić information content (AvgIpc) is 2.79. The van der Waals surface area contributed by atoms with Crippen molar-refractivity contribution in [2.24, 2.45) is 0 Å². The van der Waals surface area contributed by atoms with Gasteiger partial charge in [0.2, 0.25) is 0 Å². The van der Waals surface area contributed by atoms with Crippen molar-refractivity contribution in [3.05, 3.63) is 69.5 Å². The molecule has 2 rings (SSSR count). The molecule has 11 heteroatoms. The van der Waals surface area contributed by atoms with Crippen LogP contribution in [-0.2, 0) is 16.0 Å². The SMILES string of the molecule is COC(=O)c1cc(C(=O)NCCCN(Cc2cccnc2)C(=O)OC(C)(C)C)cc([N+](=O)[O-])c1. The Morgan fingerprint density at radius 2 is 1.88 bits per heavy atom. The molecule has 0 atom stereocenters. The Morgan fingerprint density at radius 3 is 2.47 bits per heavy atom. The Bertz CT molecular complexity index is 1040. The number of aromatic nitrogens is 1. The summed E-state index contributed by atoms with van der Waals surface area (Å²) in [6.07, 6.45) is 3.19. The highest BCUT2D eigenvalue weighted by Gasteiger charge is 2.23. The molecule has 0 bridgehead atoms. The Kier molecular flexibility index (Phi) is 9.05. The molecule has 11 nitrogen and oxygen atoms in total. The molecule has 0 saturated carbocycles. The van der Waals surface area contributed by atoms with Gasteiger partial charge in [0.05, 0.1) is 24.1 Å². The zero-order chi connectivity index (χ0) is 25.3. The molecular formula is C23H28N4O7. The molecule has 0 saturated heterocycles. The third-order valence-electron chi connectivity index (χ3n) is 4.45. The predicted octanol–water partition coefficient (Wildman–Crippen LogP) is 3.33. The molecule has 0 aliphatic carbocycles. The van der Waals surface area contributed by atoms with Crippen LogP contribution in [0.2, 0.25) is 0 Å². The maximum absolute atomic E-state index is 12.6. The van der Waals surface area contributed by atoms with E-state index >= 15 is 0 Å². The van der Waals surface area contributed by atoms with Crippen LogP contribution >= 0.6 is 0 Å². The maximum Gasteiger partial charge on any atom is 0.410 e. The highest BCUT2D eigenvalue weighted by Crippen LogP contribution is 2.18. The summed E-state index contributed by atoms with van der Waals surface area (Å²) in [6, 6.07) is 6.96. The number of amides is 2. The van der Waals surface area contributed by atoms with E-state index in [9.17, 15) is 24.5 Å². The number of hydrogen-bond donors (Lipinski definition) is 1. The largest absolute Gasteiger partial charge is 0.465 e. The Balaban J connectivity index is 2.03. The molecule has 1 aromatic carbocycles. The fraction of sp³-hybridized carbons (Fsp3) is 0.391. The number of carbonyl (C=O) groups is 3. The molecule has 2 aromatic rings. The summed E-state index contributed by atoms with van der Waals surface area (Å²) in [4.78, 5) is 53.0. The third-order valence-corrected chi connectivity index (χ3v) is 4.45. The fourth-order valence-electron chi connectivity index (χ4n) is 2.93. The normalized spacial score (nSPS) is 10.8. The molecule has 1 N–H and O–H groups in total. The zero-order valence-electron chi connectivity index (χ0n) is 19.6. The smallest absolute Gasteiger partial charge is 0.410 e. The van der Waals surface area contributed by atoms with Crippen molar-refractivity contribution in [1.29, 1.82) is 0 Å². The van der Waals surface area contributed by atoms with E-state index in [1.54, 1.807) is 39.2 Å². The van der Waals surface area contributed by atoms with Crippen LogP contribution in [0.1, 0.15) is 53.5 Å². The first-order chi connectivity index (χ1) is 16.0. The number of nitro benzene ring substituents is 1. The minimum absolute atomic E-state index is 0.0473. The molecule has 0 radical (unpaired) electrons. The van der Waals surface area contributed by atoms with Gasteiger partial charge in [0, 0.05) is 43.2 Å². The summed E-state index contributed by atoms with van der Waals surface area (Å²) in [5.74, 6) is -1.38. The van der Waals surface area contributed by atoms with E-state index in [2.05, 4.69) is 15.0 Å². The van der Waals surface area contributed by atoms with Crippen LogP contribution in [0, 0.1) is 10.1 Å². The average molecular weight is 472 g/mol. The maximum atomic E-state index is 12.6. The summed E-state index contributed by atoms with van der Waals surface area (Å²) in [7, 11) is 1.14. The van der Waals surface area contributed by atoms with Crippen molar-refractivity contribution in [3.8, 4) is 0 Å². The van der Waals surface area contributed by atoms with Crippen molar-refractivity contribution < 1.29 is 28.8 Å². The summed E-state index contributed by atoms with van der Waals surface area (Å²) < 4.78 is 10.1. The number of rotatable bonds is 9. The molecule has 2 amide bonds. The molecular weight excluding hydrogens is 444 g/mol. The topological polar surface area (TPSA) is 141 Å². The van der Waals surface area contributed by atoms with E-state index in [-0.39, 0.29) is 30.8 Å². The van der Waals surface area contributed by atoms with Crippen LogP contribution in [0.5, 0.6) is 0 Å². The van der Waals surface area contributed by atoms with E-state index in [4.69, 9.17) is 4.74 Å². The number of ether oxygens (including phenoxy) is 2. The Labute approximate surface area is 197 Å². The van der Waals surface area contributed by atoms with Gasteiger partial charge in [-0.2, -0.15) is 0 Å². The van der Waals surface area contributed by atoms with Gasteiger partial charge in [-0.25, -0.2) is 9.59 Å². The number of benzene rings is 1. The van der Waals surface area contributed by atoms with Gasteiger partial charge in [-0.15, -0.1) is 0 Å². The lowest BCUT2D eigenvalue weighted by Crippen LogP contribution is -2.38. The van der Waals surface area contributed by atoms with Gasteiger partial charge < -0.3 is 19.7 Å². The third kappa shape index (κ3) is 8.15. The Morgan fingerprint density at radius 1 is 1.18 bits per heavy atom. The first-order valence-corrected chi connectivity index (χ1v) is 10.5. The lowest BCUT2D eigenvalue weighted by Gasteiger charge is -2.27. The monoisotopic (exact) mass is 472 g/mol. The van der Waals surface area contributed by atoms with Crippen molar-refractivity contribution in [3.63, 3.8) is 0 Å². The second kappa shape index (κ2) is 11.7. The lowest BCUT2D eigenvalue weighted by atomic mass is 10.1. The van der Waals surface area contributed by atoms with Crippen molar-refractivity contribution in [1.82, 2.24) is 15.2 Å². The summed E-state index contributed by atoms with van der Waals surface area (Å²) in [5.41, 5.74) is -0.397. The van der Waals surface area contributed by atoms with Crippen LogP contribution in [0.25, 0.3) is 0 Å². The van der Waals surface area contributed by atoms with Crippen LogP contribution in [0.15, 0.2) is 42.7 Å². The number of carbonyl (C=O) groups excluding carboxylic acids is 3. The molecule has 34 heavy (non-hydrogen) atoms. The van der Waals surface area contributed by atoms with Gasteiger partial charge in [0.1, 0.15) is 5.60 Å². The highest BCUT2D eigenvalue weighted by molar-refractivity contribution is 5.98. The van der Waals surface area contributed by atoms with Gasteiger partial charge in [0.15, 0.2) is 0 Å². The molecule has 0 aliphatic rings. The Hall–Kier alpha value is -4.02. The summed E-state index contributed by atoms with van der Waals surface area (Å²) in [5, 5.41) is 13.8. The predicted molar refractivity (Wildman–Crippen MR) is 122 cm³/mol. The lowest BCUT2D eigenvalue weighted by molar-refractivity contribution is -0.384. The molecule has 0 spiro atoms. The van der Waals surface area contributed by atoms with Crippen LogP contribution in [-0.4, -0.2) is 58.6 Å². The van der Waals surface area contributed by atoms with E-state index in [0.29, 0.717) is 6.42 Å². The number of pyridine rings is 1. The van der Waals surface area contributed by atoms with Crippen LogP contribution < -0.4 is 5.32 Å². The molecule has 0 fully saturated rings. The standard InChI is InChI=1S/C23H28N4O7/c1-23(2,3)34-22(30)26(15-16-7-5-8-24-14-16)10-6-9-25-20(28)17-11-18(21(29)33-4)13-19(12-17)27(31)32/h5,7-8,11-14H,6,9-10,15H2,1-4H3,(H,25,28). The number of non-ortho nitro benzene ring substituents is 1. The molecule has 0 aliphatic heterocycles. The van der Waals surface area contributed by atoms with E-state index in [1.165, 1.54) is 11.0 Å². The molecule has 0 unspecified atom stereocenters. The van der Waals surface area contributed by atoms with Gasteiger partial charge in [0.25, 0.3) is 11.6 Å². The first kappa shape index (κ1) is 26.2.